The monoisotopic (exact) mass is 173 g/mol. The van der Waals surface area contributed by atoms with E-state index in [1.54, 1.807) is 0 Å². The Morgan fingerprint density at radius 3 is 2.77 bits per heavy atom. The fourth-order valence-electron chi connectivity index (χ4n) is 1.60. The number of carbonyl (C=O) groups excluding carboxylic acids is 1. The third-order valence-electron chi connectivity index (χ3n) is 2.36. The van der Waals surface area contributed by atoms with Gasteiger partial charge in [-0.25, -0.2) is 0 Å². The van der Waals surface area contributed by atoms with Crippen molar-refractivity contribution >= 4 is 17.2 Å². The zero-order valence-electron chi connectivity index (χ0n) is 7.74. The molecule has 1 aromatic carbocycles. The number of hydrogen-bond donors (Lipinski definition) is 0. The number of nitrogens with zero attached hydrogens (tertiary/aromatic N) is 1. The van der Waals surface area contributed by atoms with Gasteiger partial charge < -0.3 is 4.57 Å². The molecule has 0 spiro atoms. The van der Waals surface area contributed by atoms with E-state index in [0.29, 0.717) is 0 Å². The van der Waals surface area contributed by atoms with Crippen LogP contribution in [0.3, 0.4) is 0 Å². The molecule has 0 radical (unpaired) electrons. The Labute approximate surface area is 76.8 Å². The molecule has 13 heavy (non-hydrogen) atoms. The molecule has 2 aromatic rings. The van der Waals surface area contributed by atoms with Gasteiger partial charge in [-0.15, -0.1) is 0 Å². The van der Waals surface area contributed by atoms with Crippen molar-refractivity contribution in [3.05, 3.63) is 35.5 Å². The van der Waals surface area contributed by atoms with Crippen LogP contribution in [0.5, 0.6) is 0 Å². The Kier molecular flexibility index (Phi) is 1.69. The van der Waals surface area contributed by atoms with Crippen LogP contribution in [-0.2, 0) is 7.05 Å². The van der Waals surface area contributed by atoms with Gasteiger partial charge >= 0.3 is 0 Å². The third kappa shape index (κ3) is 1.15. The summed E-state index contributed by atoms with van der Waals surface area (Å²) >= 11 is 0. The normalized spacial score (nSPS) is 10.6. The predicted octanol–water partition coefficient (Wildman–Crippen LogP) is 2.30. The van der Waals surface area contributed by atoms with Crippen molar-refractivity contribution in [2.45, 2.75) is 6.92 Å². The summed E-state index contributed by atoms with van der Waals surface area (Å²) in [5, 5.41) is 1.13. The van der Waals surface area contributed by atoms with E-state index >= 15 is 0 Å². The van der Waals surface area contributed by atoms with E-state index < -0.39 is 0 Å². The molecule has 0 amide bonds. The number of carbonyl (C=O) groups is 1. The molecule has 2 heteroatoms. The molecule has 0 fully saturated rings. The van der Waals surface area contributed by atoms with Crippen molar-refractivity contribution in [1.29, 1.82) is 0 Å². The molecule has 0 saturated heterocycles. The van der Waals surface area contributed by atoms with Crippen molar-refractivity contribution < 1.29 is 4.79 Å². The quantitative estimate of drug-likeness (QED) is 0.606. The van der Waals surface area contributed by atoms with Crippen molar-refractivity contribution in [1.82, 2.24) is 4.57 Å². The minimum absolute atomic E-state index is 0.723. The maximum atomic E-state index is 10.7. The van der Waals surface area contributed by atoms with Crippen molar-refractivity contribution in [3.8, 4) is 0 Å². The number of fused-ring (bicyclic) bond motifs is 1. The third-order valence-corrected chi connectivity index (χ3v) is 2.36. The first-order valence-electron chi connectivity index (χ1n) is 4.23. The highest BCUT2D eigenvalue weighted by atomic mass is 16.1. The summed E-state index contributed by atoms with van der Waals surface area (Å²) in [7, 11) is 1.90. The average molecular weight is 173 g/mol. The summed E-state index contributed by atoms with van der Waals surface area (Å²) in [5.41, 5.74) is 3.05. The second kappa shape index (κ2) is 2.73. The van der Waals surface area contributed by atoms with Crippen LogP contribution in [-0.4, -0.2) is 10.9 Å². The molecule has 0 bridgehead atoms. The highest BCUT2D eigenvalue weighted by Crippen LogP contribution is 2.18. The summed E-state index contributed by atoms with van der Waals surface area (Å²) in [6.45, 7) is 2.05. The molecule has 0 aliphatic rings. The first kappa shape index (κ1) is 8.05. The van der Waals surface area contributed by atoms with Crippen LogP contribution in [0.15, 0.2) is 24.3 Å². The van der Waals surface area contributed by atoms with Gasteiger partial charge in [-0.1, -0.05) is 11.6 Å². The lowest BCUT2D eigenvalue weighted by atomic mass is 10.2. The molecule has 2 rings (SSSR count). The minimum atomic E-state index is 0.723. The zero-order valence-corrected chi connectivity index (χ0v) is 7.74. The largest absolute Gasteiger partial charge is 0.341 e. The van der Waals surface area contributed by atoms with Gasteiger partial charge in [-0.3, -0.25) is 4.79 Å². The second-order valence-corrected chi connectivity index (χ2v) is 3.31. The molecule has 0 saturated carbocycles. The van der Waals surface area contributed by atoms with Gasteiger partial charge in [0.15, 0.2) is 6.29 Å². The number of rotatable bonds is 1. The van der Waals surface area contributed by atoms with E-state index in [2.05, 4.69) is 12.1 Å². The van der Waals surface area contributed by atoms with E-state index in [-0.39, 0.29) is 0 Å². The Morgan fingerprint density at radius 1 is 1.31 bits per heavy atom. The SMILES string of the molecule is Cc1ccc2c(c1)cc(C=O)n2C. The smallest absolute Gasteiger partial charge is 0.166 e. The molecular weight excluding hydrogens is 162 g/mol. The molecule has 1 heterocycles. The van der Waals surface area contributed by atoms with Gasteiger partial charge in [0.25, 0.3) is 0 Å². The number of hydrogen-bond acceptors (Lipinski definition) is 1. The fraction of sp³-hybridized carbons (Fsp3) is 0.182. The molecule has 0 unspecified atom stereocenters. The second-order valence-electron chi connectivity index (χ2n) is 3.31. The topological polar surface area (TPSA) is 22.0 Å². The highest BCUT2D eigenvalue weighted by Gasteiger charge is 2.03. The standard InChI is InChI=1S/C11H11NO/c1-8-3-4-11-9(5-8)6-10(7-13)12(11)2/h3-7H,1-2H3. The Morgan fingerprint density at radius 2 is 2.08 bits per heavy atom. The predicted molar refractivity (Wildman–Crippen MR) is 53.0 cm³/mol. The molecule has 0 aliphatic carbocycles. The zero-order chi connectivity index (χ0) is 9.42. The molecular formula is C11H11NO. The average Bonchev–Trinajstić information content (AvgIpc) is 2.42. The van der Waals surface area contributed by atoms with Gasteiger partial charge in [0.05, 0.1) is 5.69 Å². The van der Waals surface area contributed by atoms with Crippen LogP contribution in [0, 0.1) is 6.92 Å². The van der Waals surface area contributed by atoms with Crippen LogP contribution in [0.2, 0.25) is 0 Å². The van der Waals surface area contributed by atoms with Crippen molar-refractivity contribution in [3.63, 3.8) is 0 Å². The summed E-state index contributed by atoms with van der Waals surface area (Å²) in [4.78, 5) is 10.7. The van der Waals surface area contributed by atoms with Gasteiger partial charge in [-0.2, -0.15) is 0 Å². The molecule has 0 atom stereocenters. The Balaban J connectivity index is 2.83. The number of aryl methyl sites for hydroxylation is 2. The van der Waals surface area contributed by atoms with Crippen LogP contribution < -0.4 is 0 Å². The van der Waals surface area contributed by atoms with Crippen molar-refractivity contribution in [2.24, 2.45) is 7.05 Å². The van der Waals surface area contributed by atoms with E-state index in [4.69, 9.17) is 0 Å². The van der Waals surface area contributed by atoms with Crippen LogP contribution in [0.25, 0.3) is 10.9 Å². The molecule has 66 valence electrons. The number of aromatic nitrogens is 1. The summed E-state index contributed by atoms with van der Waals surface area (Å²) in [6, 6.07) is 8.09. The Bertz CT molecular complexity index is 468. The van der Waals surface area contributed by atoms with Gasteiger partial charge in [0.2, 0.25) is 0 Å². The minimum Gasteiger partial charge on any atom is -0.341 e. The Hall–Kier alpha value is -1.57. The number of aldehydes is 1. The first-order chi connectivity index (χ1) is 6.22. The summed E-state index contributed by atoms with van der Waals surface area (Å²) in [5.74, 6) is 0. The first-order valence-corrected chi connectivity index (χ1v) is 4.23. The van der Waals surface area contributed by atoms with Crippen LogP contribution in [0.1, 0.15) is 16.1 Å². The highest BCUT2D eigenvalue weighted by molar-refractivity contribution is 5.89. The van der Waals surface area contributed by atoms with Gasteiger partial charge in [0.1, 0.15) is 0 Å². The van der Waals surface area contributed by atoms with Crippen LogP contribution in [0.4, 0.5) is 0 Å². The molecule has 0 N–H and O–H groups in total. The van der Waals surface area contributed by atoms with E-state index in [1.807, 2.05) is 30.7 Å². The van der Waals surface area contributed by atoms with Crippen LogP contribution >= 0.6 is 0 Å². The lowest BCUT2D eigenvalue weighted by molar-refractivity contribution is 0.111. The van der Waals surface area contributed by atoms with E-state index in [1.165, 1.54) is 5.56 Å². The molecule has 1 aromatic heterocycles. The number of benzene rings is 1. The van der Waals surface area contributed by atoms with Gasteiger partial charge in [-0.05, 0) is 25.1 Å². The lowest BCUT2D eigenvalue weighted by Gasteiger charge is -1.97. The van der Waals surface area contributed by atoms with E-state index in [0.717, 1.165) is 22.9 Å². The fourth-order valence-corrected chi connectivity index (χ4v) is 1.60. The molecule has 2 nitrogen and oxygen atoms in total. The molecule has 0 aliphatic heterocycles. The lowest BCUT2D eigenvalue weighted by Crippen LogP contribution is -1.92. The van der Waals surface area contributed by atoms with Crippen molar-refractivity contribution in [2.75, 3.05) is 0 Å². The van der Waals surface area contributed by atoms with E-state index in [9.17, 15) is 4.79 Å². The van der Waals surface area contributed by atoms with Gasteiger partial charge in [0, 0.05) is 18.0 Å². The maximum absolute atomic E-state index is 10.7. The summed E-state index contributed by atoms with van der Waals surface area (Å²) < 4.78 is 1.90. The summed E-state index contributed by atoms with van der Waals surface area (Å²) in [6.07, 6.45) is 0.884. The maximum Gasteiger partial charge on any atom is 0.166 e.